The molecule has 0 aliphatic carbocycles. The van der Waals surface area contributed by atoms with Gasteiger partial charge in [0.2, 0.25) is 0 Å². The maximum absolute atomic E-state index is 10.1. The maximum atomic E-state index is 10.1. The highest BCUT2D eigenvalue weighted by Gasteiger charge is 2.20. The summed E-state index contributed by atoms with van der Waals surface area (Å²) in [5.41, 5.74) is 0. The summed E-state index contributed by atoms with van der Waals surface area (Å²) in [6.45, 7) is 0. The third kappa shape index (κ3) is 2.05. The van der Waals surface area contributed by atoms with E-state index in [2.05, 4.69) is 0 Å². The molecule has 1 nitrogen and oxygen atoms in total. The molecule has 0 saturated carbocycles. The van der Waals surface area contributed by atoms with E-state index in [0.717, 1.165) is 8.85 Å². The van der Waals surface area contributed by atoms with Gasteiger partial charge in [-0.05, 0) is 0 Å². The predicted octanol–water partition coefficient (Wildman–Crippen LogP) is 0.785. The Labute approximate surface area is 88.4 Å². The molecule has 1 N–H and O–H groups in total. The van der Waals surface area contributed by atoms with Gasteiger partial charge in [-0.25, -0.2) is 0 Å². The van der Waals surface area contributed by atoms with Gasteiger partial charge in [-0.3, -0.25) is 0 Å². The van der Waals surface area contributed by atoms with Crippen LogP contribution >= 0.6 is 0 Å². The van der Waals surface area contributed by atoms with Gasteiger partial charge in [-0.15, -0.1) is 0 Å². The molecule has 0 saturated heterocycles. The van der Waals surface area contributed by atoms with Crippen LogP contribution in [0, 0.1) is 0 Å². The molecule has 2 heteroatoms. The third-order valence-electron chi connectivity index (χ3n) is 2.23. The van der Waals surface area contributed by atoms with E-state index in [1.54, 1.807) is 0 Å². The van der Waals surface area contributed by atoms with Crippen LogP contribution in [0.3, 0.4) is 0 Å². The molecule has 0 radical (unpaired) electrons. The van der Waals surface area contributed by atoms with Crippen molar-refractivity contribution in [1.29, 1.82) is 0 Å². The van der Waals surface area contributed by atoms with E-state index >= 15 is 0 Å². The summed E-state index contributed by atoms with van der Waals surface area (Å²) in [6, 6.07) is 19.8. The van der Waals surface area contributed by atoms with E-state index in [-0.39, 0.29) is 0 Å². The Morgan fingerprint density at radius 3 is 1.36 bits per heavy atom. The van der Waals surface area contributed by atoms with Gasteiger partial charge in [0, 0.05) is 0 Å². The summed E-state index contributed by atoms with van der Waals surface area (Å²) >= 11 is -1.92. The zero-order valence-corrected chi connectivity index (χ0v) is 8.95. The monoisotopic (exact) mass is 198 g/mol. The van der Waals surface area contributed by atoms with Crippen molar-refractivity contribution in [3.8, 4) is 0 Å². The topological polar surface area (TPSA) is 20.2 Å². The molecule has 0 atom stereocenters. The quantitative estimate of drug-likeness (QED) is 0.707. The molecule has 2 aromatic rings. The molecule has 0 fully saturated rings. The van der Waals surface area contributed by atoms with Crippen LogP contribution in [-0.2, 0) is 0 Å². The average molecular weight is 198 g/mol. The van der Waals surface area contributed by atoms with E-state index in [1.165, 1.54) is 0 Å². The van der Waals surface area contributed by atoms with Gasteiger partial charge in [0.1, 0.15) is 0 Å². The Hall–Kier alpha value is -1.07. The first-order valence-electron chi connectivity index (χ1n) is 4.66. The Bertz CT molecular complexity index is 346. The average Bonchev–Trinajstić information content (AvgIpc) is 2.30. The first-order valence-corrected chi connectivity index (χ1v) is 6.33. The van der Waals surface area contributed by atoms with Gasteiger partial charge in [-0.2, -0.15) is 0 Å². The Morgan fingerprint density at radius 2 is 1.00 bits per heavy atom. The van der Waals surface area contributed by atoms with Gasteiger partial charge < -0.3 is 4.16 Å². The molecule has 2 rings (SSSR count). The molecule has 0 heterocycles. The number of hydrogen-bond acceptors (Lipinski definition) is 1. The fourth-order valence-electron chi connectivity index (χ4n) is 1.46. The van der Waals surface area contributed by atoms with E-state index in [4.69, 9.17) is 0 Å². The molecule has 68 valence electrons. The molecule has 0 bridgehead atoms. The molecule has 0 spiro atoms. The summed E-state index contributed by atoms with van der Waals surface area (Å²) in [7, 11) is 0. The lowest BCUT2D eigenvalue weighted by atomic mass is 10.4. The highest BCUT2D eigenvalue weighted by Crippen LogP contribution is 1.89. The first-order chi connectivity index (χ1) is 6.88. The van der Waals surface area contributed by atoms with E-state index in [0.29, 0.717) is 0 Å². The van der Waals surface area contributed by atoms with Gasteiger partial charge in [0.15, 0.2) is 0 Å². The lowest BCUT2D eigenvalue weighted by molar-refractivity contribution is 0.600. The number of benzene rings is 2. The van der Waals surface area contributed by atoms with Crippen molar-refractivity contribution in [3.63, 3.8) is 0 Å². The maximum Gasteiger partial charge on any atom is 0.541 e. The van der Waals surface area contributed by atoms with Crippen LogP contribution in [0.25, 0.3) is 0 Å². The van der Waals surface area contributed by atoms with E-state index < -0.39 is 14.5 Å². The minimum atomic E-state index is -1.92. The molecule has 2 aromatic carbocycles. The molecule has 0 amide bonds. The SMILES string of the molecule is [OH][Al]([c]1ccccc1)[c]1ccccc1. The molecule has 0 aliphatic rings. The van der Waals surface area contributed by atoms with Crippen molar-refractivity contribution in [2.45, 2.75) is 0 Å². The molecule has 0 unspecified atom stereocenters. The molecule has 14 heavy (non-hydrogen) atoms. The van der Waals surface area contributed by atoms with E-state index in [9.17, 15) is 4.16 Å². The van der Waals surface area contributed by atoms with Crippen molar-refractivity contribution in [1.82, 2.24) is 0 Å². The smallest absolute Gasteiger partial charge is 0.509 e. The fraction of sp³-hybridized carbons (Fsp3) is 0. The van der Waals surface area contributed by atoms with Crippen LogP contribution in [0.15, 0.2) is 60.7 Å². The summed E-state index contributed by atoms with van der Waals surface area (Å²) in [4.78, 5) is 0. The lowest BCUT2D eigenvalue weighted by Gasteiger charge is -2.03. The van der Waals surface area contributed by atoms with Crippen LogP contribution in [0.1, 0.15) is 0 Å². The molecule has 0 aliphatic heterocycles. The van der Waals surface area contributed by atoms with E-state index in [1.807, 2.05) is 60.7 Å². The number of hydrogen-bond donors (Lipinski definition) is 1. The van der Waals surface area contributed by atoms with Gasteiger partial charge in [0.25, 0.3) is 0 Å². The summed E-state index contributed by atoms with van der Waals surface area (Å²) in [5, 5.41) is 0. The van der Waals surface area contributed by atoms with Crippen molar-refractivity contribution in [2.24, 2.45) is 0 Å². The van der Waals surface area contributed by atoms with Crippen LogP contribution in [0.2, 0.25) is 0 Å². The van der Waals surface area contributed by atoms with Gasteiger partial charge >= 0.3 is 14.5 Å². The van der Waals surface area contributed by atoms with Gasteiger partial charge in [0.05, 0.1) is 0 Å². The highest BCUT2D eigenvalue weighted by atomic mass is 27.2. The predicted molar refractivity (Wildman–Crippen MR) is 60.1 cm³/mol. The largest absolute Gasteiger partial charge is 0.541 e. The van der Waals surface area contributed by atoms with Crippen LogP contribution in [0.4, 0.5) is 0 Å². The van der Waals surface area contributed by atoms with Crippen molar-refractivity contribution < 1.29 is 4.16 Å². The second kappa shape index (κ2) is 4.43. The zero-order chi connectivity index (χ0) is 9.80. The summed E-state index contributed by atoms with van der Waals surface area (Å²) in [6.07, 6.45) is 0. The molecule has 0 aromatic heterocycles. The van der Waals surface area contributed by atoms with Crippen LogP contribution in [0.5, 0.6) is 0 Å². The zero-order valence-electron chi connectivity index (χ0n) is 7.80. The van der Waals surface area contributed by atoms with Crippen molar-refractivity contribution in [3.05, 3.63) is 60.7 Å². The second-order valence-electron chi connectivity index (χ2n) is 3.22. The lowest BCUT2D eigenvalue weighted by Crippen LogP contribution is -2.41. The van der Waals surface area contributed by atoms with Crippen molar-refractivity contribution in [2.75, 3.05) is 0 Å². The number of rotatable bonds is 2. The molecular formula is C12H11AlO. The fourth-order valence-corrected chi connectivity index (χ4v) is 3.02. The van der Waals surface area contributed by atoms with Crippen LogP contribution < -0.4 is 8.85 Å². The Balaban J connectivity index is 2.30. The standard InChI is InChI=1S/2C6H5.Al.H2O/c2*1-2-4-6-5-3-1;;/h2*1-5H;;1H2/q;;+1;/p-1. The first kappa shape index (κ1) is 9.49. The van der Waals surface area contributed by atoms with Crippen molar-refractivity contribution >= 4 is 23.3 Å². The minimum absolute atomic E-state index is 1.07. The highest BCUT2D eigenvalue weighted by molar-refractivity contribution is 6.78. The Kier molecular flexibility index (Phi) is 3.00. The van der Waals surface area contributed by atoms with Gasteiger partial charge in [-0.1, -0.05) is 69.5 Å². The minimum Gasteiger partial charge on any atom is -0.509 e. The second-order valence-corrected chi connectivity index (χ2v) is 5.36. The Morgan fingerprint density at radius 1 is 0.643 bits per heavy atom. The molecular weight excluding hydrogens is 187 g/mol. The van der Waals surface area contributed by atoms with Crippen LogP contribution in [-0.4, -0.2) is 18.6 Å². The third-order valence-corrected chi connectivity index (χ3v) is 4.26. The summed E-state index contributed by atoms with van der Waals surface area (Å²) in [5.74, 6) is 0. The summed E-state index contributed by atoms with van der Waals surface area (Å²) < 4.78 is 12.3. The normalized spacial score (nSPS) is 9.79.